The number of methoxy groups -OCH3 is 1. The van der Waals surface area contributed by atoms with E-state index >= 15 is 0 Å². The fraction of sp³-hybridized carbons (Fsp3) is 0.227. The highest BCUT2D eigenvalue weighted by Crippen LogP contribution is 2.22. The Morgan fingerprint density at radius 1 is 0.966 bits per heavy atom. The van der Waals surface area contributed by atoms with Crippen LogP contribution >= 0.6 is 0 Å². The summed E-state index contributed by atoms with van der Waals surface area (Å²) in [6.45, 7) is 3.90. The standard InChI is InChI=1S/C22H24N4O3/c1-14-18-6-4-5-7-20(18)24-15(2)19(14)12-21(27)25-26-22(28)13-23-16-8-10-17(29-3)11-9-16/h4-11,23H,12-13H2,1-3H3,(H,25,27)(H,26,28). The molecule has 7 nitrogen and oxygen atoms in total. The van der Waals surface area contributed by atoms with Gasteiger partial charge < -0.3 is 10.1 Å². The van der Waals surface area contributed by atoms with Gasteiger partial charge in [-0.2, -0.15) is 0 Å². The highest BCUT2D eigenvalue weighted by atomic mass is 16.5. The highest BCUT2D eigenvalue weighted by Gasteiger charge is 2.13. The zero-order valence-corrected chi connectivity index (χ0v) is 16.7. The molecule has 3 N–H and O–H groups in total. The molecule has 1 heterocycles. The minimum Gasteiger partial charge on any atom is -0.497 e. The van der Waals surface area contributed by atoms with Crippen molar-refractivity contribution < 1.29 is 14.3 Å². The van der Waals surface area contributed by atoms with Crippen LogP contribution in [0.3, 0.4) is 0 Å². The maximum absolute atomic E-state index is 12.3. The van der Waals surface area contributed by atoms with Crippen LogP contribution in [0.25, 0.3) is 10.9 Å². The minimum absolute atomic E-state index is 0.0300. The van der Waals surface area contributed by atoms with Crippen molar-refractivity contribution in [3.8, 4) is 5.75 Å². The van der Waals surface area contributed by atoms with Gasteiger partial charge in [-0.15, -0.1) is 0 Å². The lowest BCUT2D eigenvalue weighted by Gasteiger charge is -2.13. The zero-order valence-electron chi connectivity index (χ0n) is 16.7. The van der Waals surface area contributed by atoms with E-state index in [9.17, 15) is 9.59 Å². The number of aromatic nitrogens is 1. The Kier molecular flexibility index (Phi) is 6.29. The number of para-hydroxylation sites is 1. The summed E-state index contributed by atoms with van der Waals surface area (Å²) in [4.78, 5) is 28.9. The number of pyridine rings is 1. The van der Waals surface area contributed by atoms with Crippen LogP contribution in [-0.2, 0) is 16.0 Å². The lowest BCUT2D eigenvalue weighted by atomic mass is 9.99. The van der Waals surface area contributed by atoms with E-state index in [4.69, 9.17) is 4.74 Å². The fourth-order valence-corrected chi connectivity index (χ4v) is 3.11. The van der Waals surface area contributed by atoms with Crippen molar-refractivity contribution in [2.45, 2.75) is 20.3 Å². The molecule has 3 rings (SSSR count). The van der Waals surface area contributed by atoms with E-state index < -0.39 is 0 Å². The number of nitrogens with one attached hydrogen (secondary N) is 3. The Morgan fingerprint density at radius 3 is 2.38 bits per heavy atom. The normalized spacial score (nSPS) is 10.4. The summed E-state index contributed by atoms with van der Waals surface area (Å²) in [7, 11) is 1.59. The van der Waals surface area contributed by atoms with Gasteiger partial charge in [-0.1, -0.05) is 18.2 Å². The number of amides is 2. The largest absolute Gasteiger partial charge is 0.497 e. The third kappa shape index (κ3) is 5.01. The highest BCUT2D eigenvalue weighted by molar-refractivity contribution is 5.88. The molecule has 0 bridgehead atoms. The topological polar surface area (TPSA) is 92.4 Å². The number of benzene rings is 2. The Morgan fingerprint density at radius 2 is 1.66 bits per heavy atom. The molecule has 7 heteroatoms. The summed E-state index contributed by atoms with van der Waals surface area (Å²) in [5.41, 5.74) is 9.27. The smallest absolute Gasteiger partial charge is 0.257 e. The average molecular weight is 392 g/mol. The van der Waals surface area contributed by atoms with Gasteiger partial charge in [-0.25, -0.2) is 0 Å². The molecule has 0 saturated heterocycles. The summed E-state index contributed by atoms with van der Waals surface area (Å²) in [5.74, 6) is 0.0892. The first kappa shape index (κ1) is 20.1. The summed E-state index contributed by atoms with van der Waals surface area (Å²) in [5, 5.41) is 4.00. The summed E-state index contributed by atoms with van der Waals surface area (Å²) < 4.78 is 5.09. The maximum atomic E-state index is 12.3. The molecule has 0 aliphatic heterocycles. The predicted octanol–water partition coefficient (Wildman–Crippen LogP) is 2.66. The van der Waals surface area contributed by atoms with Gasteiger partial charge in [0.2, 0.25) is 5.91 Å². The zero-order chi connectivity index (χ0) is 20.8. The van der Waals surface area contributed by atoms with Crippen LogP contribution in [0.1, 0.15) is 16.8 Å². The van der Waals surface area contributed by atoms with Crippen molar-refractivity contribution >= 4 is 28.4 Å². The fourth-order valence-electron chi connectivity index (χ4n) is 3.11. The minimum atomic E-state index is -0.348. The second-order valence-corrected chi connectivity index (χ2v) is 6.67. The Labute approximate surface area is 169 Å². The van der Waals surface area contributed by atoms with Crippen LogP contribution in [0, 0.1) is 13.8 Å². The molecular weight excluding hydrogens is 368 g/mol. The van der Waals surface area contributed by atoms with Crippen LogP contribution in [0.4, 0.5) is 5.69 Å². The lowest BCUT2D eigenvalue weighted by Crippen LogP contribution is -2.44. The second-order valence-electron chi connectivity index (χ2n) is 6.67. The Hall–Kier alpha value is -3.61. The first-order valence-electron chi connectivity index (χ1n) is 9.28. The van der Waals surface area contributed by atoms with E-state index in [1.807, 2.05) is 50.2 Å². The van der Waals surface area contributed by atoms with E-state index in [0.29, 0.717) is 0 Å². The second kappa shape index (κ2) is 9.05. The number of hydrogen-bond donors (Lipinski definition) is 3. The molecule has 29 heavy (non-hydrogen) atoms. The Balaban J connectivity index is 1.53. The van der Waals surface area contributed by atoms with Crippen molar-refractivity contribution in [3.05, 3.63) is 65.4 Å². The van der Waals surface area contributed by atoms with Crippen molar-refractivity contribution in [1.29, 1.82) is 0 Å². The Bertz CT molecular complexity index is 1030. The lowest BCUT2D eigenvalue weighted by molar-refractivity contribution is -0.127. The van der Waals surface area contributed by atoms with E-state index in [1.165, 1.54) is 0 Å². The number of fused-ring (bicyclic) bond motifs is 1. The monoisotopic (exact) mass is 392 g/mol. The first-order valence-corrected chi connectivity index (χ1v) is 9.28. The predicted molar refractivity (Wildman–Crippen MR) is 113 cm³/mol. The molecule has 3 aromatic rings. The van der Waals surface area contributed by atoms with E-state index in [0.717, 1.165) is 39.2 Å². The number of carbonyl (C=O) groups is 2. The molecule has 0 fully saturated rings. The van der Waals surface area contributed by atoms with Crippen molar-refractivity contribution in [2.24, 2.45) is 0 Å². The van der Waals surface area contributed by atoms with Gasteiger partial charge in [0, 0.05) is 16.8 Å². The molecule has 0 aliphatic carbocycles. The summed E-state index contributed by atoms with van der Waals surface area (Å²) >= 11 is 0. The number of hydrogen-bond acceptors (Lipinski definition) is 5. The van der Waals surface area contributed by atoms with Crippen molar-refractivity contribution in [3.63, 3.8) is 0 Å². The SMILES string of the molecule is COc1ccc(NCC(=O)NNC(=O)Cc2c(C)nc3ccccc3c2C)cc1. The number of anilines is 1. The van der Waals surface area contributed by atoms with Crippen LogP contribution in [0.2, 0.25) is 0 Å². The molecule has 0 aliphatic rings. The molecule has 2 amide bonds. The summed E-state index contributed by atoms with van der Waals surface area (Å²) in [6, 6.07) is 15.0. The molecule has 0 radical (unpaired) electrons. The molecule has 2 aromatic carbocycles. The quantitative estimate of drug-likeness (QED) is 0.561. The van der Waals surface area contributed by atoms with E-state index in [2.05, 4.69) is 21.2 Å². The van der Waals surface area contributed by atoms with Gasteiger partial charge in [-0.05, 0) is 55.3 Å². The number of aryl methyl sites for hydroxylation is 2. The number of ether oxygens (including phenoxy) is 1. The number of hydrazine groups is 1. The molecule has 0 spiro atoms. The van der Waals surface area contributed by atoms with Crippen molar-refractivity contribution in [2.75, 3.05) is 19.0 Å². The van der Waals surface area contributed by atoms with Gasteiger partial charge >= 0.3 is 0 Å². The first-order chi connectivity index (χ1) is 14.0. The molecule has 0 unspecified atom stereocenters. The molecule has 150 valence electrons. The third-order valence-corrected chi connectivity index (χ3v) is 4.71. The number of carbonyl (C=O) groups excluding carboxylic acids is 2. The number of nitrogens with zero attached hydrogens (tertiary/aromatic N) is 1. The van der Waals surface area contributed by atoms with Crippen LogP contribution in [-0.4, -0.2) is 30.5 Å². The van der Waals surface area contributed by atoms with E-state index in [1.54, 1.807) is 19.2 Å². The van der Waals surface area contributed by atoms with Gasteiger partial charge in [0.1, 0.15) is 5.75 Å². The van der Waals surface area contributed by atoms with Crippen molar-refractivity contribution in [1.82, 2.24) is 15.8 Å². The molecule has 0 saturated carbocycles. The van der Waals surface area contributed by atoms with Crippen LogP contribution in [0.15, 0.2) is 48.5 Å². The van der Waals surface area contributed by atoms with Gasteiger partial charge in [0.05, 0.1) is 25.6 Å². The molecule has 0 atom stereocenters. The molecule has 1 aromatic heterocycles. The summed E-state index contributed by atoms with van der Waals surface area (Å²) in [6.07, 6.45) is 0.141. The molecular formula is C22H24N4O3. The van der Waals surface area contributed by atoms with Crippen LogP contribution < -0.4 is 20.9 Å². The maximum Gasteiger partial charge on any atom is 0.257 e. The average Bonchev–Trinajstić information content (AvgIpc) is 2.74. The van der Waals surface area contributed by atoms with Gasteiger partial charge in [0.15, 0.2) is 0 Å². The van der Waals surface area contributed by atoms with Crippen LogP contribution in [0.5, 0.6) is 5.75 Å². The third-order valence-electron chi connectivity index (χ3n) is 4.71. The number of rotatable bonds is 6. The van der Waals surface area contributed by atoms with Gasteiger partial charge in [-0.3, -0.25) is 25.4 Å². The van der Waals surface area contributed by atoms with Gasteiger partial charge in [0.25, 0.3) is 5.91 Å². The van der Waals surface area contributed by atoms with E-state index in [-0.39, 0.29) is 24.8 Å².